The van der Waals surface area contributed by atoms with Gasteiger partial charge >= 0.3 is 0 Å². The Hall–Kier alpha value is -1.26. The molecule has 0 atom stereocenters. The molecule has 0 unspecified atom stereocenters. The molecule has 0 saturated heterocycles. The largest absolute Gasteiger partial charge is 0.493 e. The summed E-state index contributed by atoms with van der Waals surface area (Å²) in [6.07, 6.45) is 1.04. The van der Waals surface area contributed by atoms with Crippen LogP contribution < -0.4 is 15.8 Å². The van der Waals surface area contributed by atoms with Crippen LogP contribution in [0.15, 0.2) is 18.2 Å². The summed E-state index contributed by atoms with van der Waals surface area (Å²) in [5.74, 6) is 0.733. The number of benzene rings is 1. The van der Waals surface area contributed by atoms with Crippen molar-refractivity contribution >= 4 is 17.5 Å². The normalized spacial score (nSPS) is 10.6. The number of amides is 1. The third kappa shape index (κ3) is 5.94. The van der Waals surface area contributed by atoms with Crippen molar-refractivity contribution in [3.63, 3.8) is 0 Å². The van der Waals surface area contributed by atoms with Crippen molar-refractivity contribution in [1.82, 2.24) is 5.32 Å². The van der Waals surface area contributed by atoms with Crippen LogP contribution in [0.1, 0.15) is 25.8 Å². The predicted octanol–water partition coefficient (Wildman–Crippen LogP) is 2.13. The summed E-state index contributed by atoms with van der Waals surface area (Å²) in [5, 5.41) is 3.48. The highest BCUT2D eigenvalue weighted by Gasteiger charge is 2.07. The number of carbonyl (C=O) groups is 1. The first-order chi connectivity index (χ1) is 9.02. The molecule has 0 saturated carbocycles. The number of nitrogens with two attached hydrogens (primary N) is 1. The molecule has 0 aliphatic carbocycles. The maximum atomic E-state index is 11.5. The first-order valence-corrected chi connectivity index (χ1v) is 6.81. The molecule has 0 aromatic heterocycles. The van der Waals surface area contributed by atoms with Crippen LogP contribution in [-0.4, -0.2) is 25.1 Å². The van der Waals surface area contributed by atoms with E-state index in [2.05, 4.69) is 5.32 Å². The number of hydrogen-bond donors (Lipinski definition) is 2. The fourth-order valence-electron chi connectivity index (χ4n) is 1.69. The third-order valence-electron chi connectivity index (χ3n) is 2.47. The molecule has 1 aromatic rings. The van der Waals surface area contributed by atoms with Gasteiger partial charge in [-0.05, 0) is 50.6 Å². The van der Waals surface area contributed by atoms with Crippen LogP contribution >= 0.6 is 11.6 Å². The van der Waals surface area contributed by atoms with Crippen LogP contribution in [0.25, 0.3) is 0 Å². The van der Waals surface area contributed by atoms with E-state index in [9.17, 15) is 4.79 Å². The minimum absolute atomic E-state index is 0.00987. The van der Waals surface area contributed by atoms with Gasteiger partial charge in [0, 0.05) is 11.1 Å². The lowest BCUT2D eigenvalue weighted by molar-refractivity contribution is -0.122. The number of nitrogens with one attached hydrogen (secondary N) is 1. The fraction of sp³-hybridized carbons (Fsp3) is 0.500. The summed E-state index contributed by atoms with van der Waals surface area (Å²) < 4.78 is 5.62. The second kappa shape index (κ2) is 8.02. The Morgan fingerprint density at radius 3 is 2.84 bits per heavy atom. The molecule has 0 fully saturated rings. The Kier molecular flexibility index (Phi) is 6.67. The van der Waals surface area contributed by atoms with Crippen molar-refractivity contribution in [2.24, 2.45) is 5.73 Å². The van der Waals surface area contributed by atoms with Gasteiger partial charge in [-0.15, -0.1) is 0 Å². The third-order valence-corrected chi connectivity index (χ3v) is 2.71. The van der Waals surface area contributed by atoms with E-state index in [0.717, 1.165) is 11.3 Å². The van der Waals surface area contributed by atoms with Crippen LogP contribution in [-0.2, 0) is 11.2 Å². The highest BCUT2D eigenvalue weighted by Crippen LogP contribution is 2.23. The van der Waals surface area contributed by atoms with Gasteiger partial charge in [-0.25, -0.2) is 0 Å². The first kappa shape index (κ1) is 15.8. The summed E-state index contributed by atoms with van der Waals surface area (Å²) in [6, 6.07) is 5.58. The van der Waals surface area contributed by atoms with Crippen molar-refractivity contribution in [1.29, 1.82) is 0 Å². The number of halogens is 1. The van der Waals surface area contributed by atoms with Gasteiger partial charge in [0.2, 0.25) is 5.91 Å². The number of hydrogen-bond acceptors (Lipinski definition) is 3. The smallest absolute Gasteiger partial charge is 0.223 e. The zero-order valence-corrected chi connectivity index (χ0v) is 12.2. The zero-order chi connectivity index (χ0) is 14.3. The van der Waals surface area contributed by atoms with Crippen molar-refractivity contribution in [3.8, 4) is 5.75 Å². The molecule has 0 spiro atoms. The Morgan fingerprint density at radius 2 is 2.21 bits per heavy atom. The Bertz CT molecular complexity index is 422. The molecule has 0 heterocycles. The van der Waals surface area contributed by atoms with Gasteiger partial charge in [0.25, 0.3) is 0 Å². The van der Waals surface area contributed by atoms with Crippen LogP contribution in [0, 0.1) is 0 Å². The Morgan fingerprint density at radius 1 is 1.47 bits per heavy atom. The first-order valence-electron chi connectivity index (χ1n) is 6.43. The van der Waals surface area contributed by atoms with Crippen LogP contribution in [0.3, 0.4) is 0 Å². The van der Waals surface area contributed by atoms with E-state index < -0.39 is 0 Å². The van der Waals surface area contributed by atoms with Crippen LogP contribution in [0.4, 0.5) is 0 Å². The molecule has 1 amide bonds. The molecular weight excluding hydrogens is 264 g/mol. The molecule has 4 nitrogen and oxygen atoms in total. The van der Waals surface area contributed by atoms with E-state index >= 15 is 0 Å². The van der Waals surface area contributed by atoms with Crippen molar-refractivity contribution in [2.75, 3.05) is 13.2 Å². The lowest BCUT2D eigenvalue weighted by atomic mass is 10.1. The van der Waals surface area contributed by atoms with E-state index in [-0.39, 0.29) is 11.9 Å². The molecule has 0 bridgehead atoms. The van der Waals surface area contributed by atoms with Gasteiger partial charge in [0.1, 0.15) is 5.75 Å². The van der Waals surface area contributed by atoms with Gasteiger partial charge < -0.3 is 15.8 Å². The Labute approximate surface area is 119 Å². The minimum Gasteiger partial charge on any atom is -0.493 e. The monoisotopic (exact) mass is 284 g/mol. The molecule has 0 aliphatic heterocycles. The SMILES string of the molecule is CC(C)NC(=O)CCOc1ccc(Cl)cc1CCN. The van der Waals surface area contributed by atoms with E-state index in [0.29, 0.717) is 31.0 Å². The average molecular weight is 285 g/mol. The molecule has 0 radical (unpaired) electrons. The molecular formula is C14H21ClN2O2. The molecule has 3 N–H and O–H groups in total. The summed E-state index contributed by atoms with van der Waals surface area (Å²) in [4.78, 5) is 11.5. The quantitative estimate of drug-likeness (QED) is 0.806. The van der Waals surface area contributed by atoms with E-state index in [1.54, 1.807) is 6.07 Å². The molecule has 106 valence electrons. The lowest BCUT2D eigenvalue weighted by Gasteiger charge is -2.12. The fourth-order valence-corrected chi connectivity index (χ4v) is 1.88. The molecule has 5 heteroatoms. The van der Waals surface area contributed by atoms with E-state index in [4.69, 9.17) is 22.1 Å². The Balaban J connectivity index is 2.50. The summed E-state index contributed by atoms with van der Waals surface area (Å²) in [5.41, 5.74) is 6.52. The van der Waals surface area contributed by atoms with Gasteiger partial charge in [-0.3, -0.25) is 4.79 Å². The van der Waals surface area contributed by atoms with Gasteiger partial charge in [-0.2, -0.15) is 0 Å². The molecule has 19 heavy (non-hydrogen) atoms. The molecule has 1 rings (SSSR count). The average Bonchev–Trinajstić information content (AvgIpc) is 2.31. The number of ether oxygens (including phenoxy) is 1. The van der Waals surface area contributed by atoms with Crippen LogP contribution in [0.2, 0.25) is 5.02 Å². The van der Waals surface area contributed by atoms with Crippen molar-refractivity contribution in [3.05, 3.63) is 28.8 Å². The predicted molar refractivity (Wildman–Crippen MR) is 77.6 cm³/mol. The number of rotatable bonds is 7. The topological polar surface area (TPSA) is 64.3 Å². The lowest BCUT2D eigenvalue weighted by Crippen LogP contribution is -2.31. The second-order valence-electron chi connectivity index (χ2n) is 4.61. The maximum Gasteiger partial charge on any atom is 0.223 e. The minimum atomic E-state index is -0.00987. The summed E-state index contributed by atoms with van der Waals surface area (Å²) >= 11 is 5.93. The molecule has 1 aromatic carbocycles. The van der Waals surface area contributed by atoms with Gasteiger partial charge in [-0.1, -0.05) is 11.6 Å². The van der Waals surface area contributed by atoms with Crippen molar-refractivity contribution < 1.29 is 9.53 Å². The highest BCUT2D eigenvalue weighted by atomic mass is 35.5. The maximum absolute atomic E-state index is 11.5. The van der Waals surface area contributed by atoms with Crippen molar-refractivity contribution in [2.45, 2.75) is 32.7 Å². The van der Waals surface area contributed by atoms with Crippen LogP contribution in [0.5, 0.6) is 5.75 Å². The van der Waals surface area contributed by atoms with Gasteiger partial charge in [0.15, 0.2) is 0 Å². The summed E-state index contributed by atoms with van der Waals surface area (Å²) in [6.45, 7) is 4.73. The summed E-state index contributed by atoms with van der Waals surface area (Å²) in [7, 11) is 0. The van der Waals surface area contributed by atoms with E-state index in [1.807, 2.05) is 26.0 Å². The molecule has 0 aliphatic rings. The van der Waals surface area contributed by atoms with Gasteiger partial charge in [0.05, 0.1) is 13.0 Å². The van der Waals surface area contributed by atoms with E-state index in [1.165, 1.54) is 0 Å². The zero-order valence-electron chi connectivity index (χ0n) is 11.4. The number of carbonyl (C=O) groups excluding carboxylic acids is 1. The second-order valence-corrected chi connectivity index (χ2v) is 5.05. The highest BCUT2D eigenvalue weighted by molar-refractivity contribution is 6.30. The standard InChI is InChI=1S/C14H21ClN2O2/c1-10(2)17-14(18)6-8-19-13-4-3-12(15)9-11(13)5-7-16/h3-4,9-10H,5-8,16H2,1-2H3,(H,17,18).